The highest BCUT2D eigenvalue weighted by Crippen LogP contribution is 2.25. The third-order valence-corrected chi connectivity index (χ3v) is 5.56. The summed E-state index contributed by atoms with van der Waals surface area (Å²) >= 11 is 5.93. The summed E-state index contributed by atoms with van der Waals surface area (Å²) in [5, 5.41) is 3.84. The van der Waals surface area contributed by atoms with Crippen LogP contribution in [-0.2, 0) is 17.9 Å². The van der Waals surface area contributed by atoms with Crippen LogP contribution in [-0.4, -0.2) is 58.9 Å². The number of hydrogen-bond donors (Lipinski definition) is 1. The van der Waals surface area contributed by atoms with Crippen molar-refractivity contribution in [3.63, 3.8) is 0 Å². The van der Waals surface area contributed by atoms with E-state index >= 15 is 0 Å². The third kappa shape index (κ3) is 3.65. The number of carbonyl (C=O) groups is 2. The first kappa shape index (κ1) is 19.3. The Morgan fingerprint density at radius 1 is 0.966 bits per heavy atom. The highest BCUT2D eigenvalue weighted by atomic mass is 35.5. The zero-order valence-corrected chi connectivity index (χ0v) is 17.0. The summed E-state index contributed by atoms with van der Waals surface area (Å²) in [7, 11) is 3.52. The molecule has 150 valence electrons. The number of hydrogen-bond acceptors (Lipinski definition) is 3. The number of nitrogens with zero attached hydrogens (tertiary/aromatic N) is 4. The SMILES string of the molecule is CN1C(=O)N(Cc2ccc(Cl)cc2)C(=O)C2C1NC(=NCc1ccccc1)N2C. The van der Waals surface area contributed by atoms with E-state index in [2.05, 4.69) is 10.3 Å². The van der Waals surface area contributed by atoms with Crippen molar-refractivity contribution in [3.05, 3.63) is 70.7 Å². The van der Waals surface area contributed by atoms with Crippen LogP contribution in [0.15, 0.2) is 59.6 Å². The molecule has 0 spiro atoms. The number of fused-ring (bicyclic) bond motifs is 1. The van der Waals surface area contributed by atoms with Crippen molar-refractivity contribution >= 4 is 29.5 Å². The fourth-order valence-electron chi connectivity index (χ4n) is 3.65. The third-order valence-electron chi connectivity index (χ3n) is 5.30. The fraction of sp³-hybridized carbons (Fsp3) is 0.286. The standard InChI is InChI=1S/C21H22ClN5O2/c1-25-17-18(24-20(25)23-12-14-6-4-3-5-7-14)26(2)21(29)27(19(17)28)13-15-8-10-16(22)11-9-15/h3-11,17-18H,12-13H2,1-2H3,(H,23,24). The van der Waals surface area contributed by atoms with Gasteiger partial charge in [0, 0.05) is 19.1 Å². The molecule has 2 aliphatic heterocycles. The van der Waals surface area contributed by atoms with Gasteiger partial charge in [-0.3, -0.25) is 9.69 Å². The maximum absolute atomic E-state index is 13.2. The molecule has 2 unspecified atom stereocenters. The molecule has 7 nitrogen and oxygen atoms in total. The molecule has 0 aromatic heterocycles. The molecule has 8 heteroatoms. The van der Waals surface area contributed by atoms with Crippen molar-refractivity contribution in [2.75, 3.05) is 14.1 Å². The topological polar surface area (TPSA) is 68.2 Å². The molecule has 4 rings (SSSR count). The zero-order chi connectivity index (χ0) is 20.5. The van der Waals surface area contributed by atoms with E-state index in [4.69, 9.17) is 11.6 Å². The van der Waals surface area contributed by atoms with Crippen molar-refractivity contribution in [2.24, 2.45) is 4.99 Å². The number of benzene rings is 2. The summed E-state index contributed by atoms with van der Waals surface area (Å²) in [5.41, 5.74) is 1.92. The Kier molecular flexibility index (Phi) is 5.15. The summed E-state index contributed by atoms with van der Waals surface area (Å²) in [6.07, 6.45) is -0.448. The Bertz CT molecular complexity index is 947. The second kappa shape index (κ2) is 7.75. The lowest BCUT2D eigenvalue weighted by molar-refractivity contribution is -0.137. The van der Waals surface area contributed by atoms with Crippen LogP contribution in [0.2, 0.25) is 5.02 Å². The van der Waals surface area contributed by atoms with Crippen molar-refractivity contribution in [1.29, 1.82) is 0 Å². The van der Waals surface area contributed by atoms with Gasteiger partial charge >= 0.3 is 6.03 Å². The number of amides is 3. The van der Waals surface area contributed by atoms with Crippen molar-refractivity contribution in [3.8, 4) is 0 Å². The number of guanidine groups is 1. The number of imide groups is 1. The number of carbonyl (C=O) groups excluding carboxylic acids is 2. The average Bonchev–Trinajstić information content (AvgIpc) is 3.07. The van der Waals surface area contributed by atoms with Gasteiger partial charge in [0.1, 0.15) is 6.17 Å². The van der Waals surface area contributed by atoms with Gasteiger partial charge in [0.25, 0.3) is 5.91 Å². The van der Waals surface area contributed by atoms with Gasteiger partial charge in [-0.2, -0.15) is 0 Å². The molecule has 2 aromatic carbocycles. The van der Waals surface area contributed by atoms with E-state index in [0.717, 1.165) is 11.1 Å². The summed E-state index contributed by atoms with van der Waals surface area (Å²) in [4.78, 5) is 35.3. The number of likely N-dealkylation sites (N-methyl/N-ethyl adjacent to an activating group) is 2. The van der Waals surface area contributed by atoms with Crippen LogP contribution in [0.5, 0.6) is 0 Å². The molecule has 2 fully saturated rings. The number of rotatable bonds is 4. The first-order valence-electron chi connectivity index (χ1n) is 9.36. The lowest BCUT2D eigenvalue weighted by Crippen LogP contribution is -2.65. The maximum Gasteiger partial charge on any atom is 0.328 e. The largest absolute Gasteiger partial charge is 0.334 e. The predicted molar refractivity (Wildman–Crippen MR) is 111 cm³/mol. The summed E-state index contributed by atoms with van der Waals surface area (Å²) in [6, 6.07) is 16.2. The monoisotopic (exact) mass is 411 g/mol. The Morgan fingerprint density at radius 3 is 2.34 bits per heavy atom. The van der Waals surface area contributed by atoms with Gasteiger partial charge in [-0.15, -0.1) is 0 Å². The predicted octanol–water partition coefficient (Wildman–Crippen LogP) is 2.52. The van der Waals surface area contributed by atoms with Crippen LogP contribution in [0.3, 0.4) is 0 Å². The number of aliphatic imine (C=N–C) groups is 1. The smallest absolute Gasteiger partial charge is 0.328 e. The molecule has 2 aromatic rings. The minimum absolute atomic E-state index is 0.201. The molecular formula is C21H22ClN5O2. The van der Waals surface area contributed by atoms with Crippen LogP contribution in [0.1, 0.15) is 11.1 Å². The lowest BCUT2D eigenvalue weighted by Gasteiger charge is -2.40. The maximum atomic E-state index is 13.2. The van der Waals surface area contributed by atoms with Gasteiger partial charge in [0.05, 0.1) is 13.1 Å². The van der Waals surface area contributed by atoms with Crippen molar-refractivity contribution in [1.82, 2.24) is 20.0 Å². The summed E-state index contributed by atoms with van der Waals surface area (Å²) < 4.78 is 0. The van der Waals surface area contributed by atoms with Gasteiger partial charge in [-0.25, -0.2) is 9.79 Å². The molecule has 2 heterocycles. The first-order valence-corrected chi connectivity index (χ1v) is 9.74. The van der Waals surface area contributed by atoms with Crippen LogP contribution >= 0.6 is 11.6 Å². The Balaban J connectivity index is 1.55. The van der Waals surface area contributed by atoms with Gasteiger partial charge in [-0.1, -0.05) is 54.1 Å². The molecule has 0 radical (unpaired) electrons. The quantitative estimate of drug-likeness (QED) is 0.839. The van der Waals surface area contributed by atoms with E-state index in [9.17, 15) is 9.59 Å². The van der Waals surface area contributed by atoms with Crippen LogP contribution in [0.4, 0.5) is 4.79 Å². The molecule has 2 saturated heterocycles. The molecule has 0 bridgehead atoms. The molecular weight excluding hydrogens is 390 g/mol. The van der Waals surface area contributed by atoms with Crippen LogP contribution < -0.4 is 5.32 Å². The summed E-state index contributed by atoms with van der Waals surface area (Å²) in [5.74, 6) is 0.359. The number of nitrogens with one attached hydrogen (secondary N) is 1. The molecule has 1 N–H and O–H groups in total. The Morgan fingerprint density at radius 2 is 1.66 bits per heavy atom. The zero-order valence-electron chi connectivity index (χ0n) is 16.2. The number of urea groups is 1. The molecule has 29 heavy (non-hydrogen) atoms. The van der Waals surface area contributed by atoms with Gasteiger partial charge in [-0.05, 0) is 23.3 Å². The minimum Gasteiger partial charge on any atom is -0.334 e. The molecule has 0 aliphatic carbocycles. The molecule has 2 aliphatic rings. The number of halogens is 1. The van der Waals surface area contributed by atoms with E-state index < -0.39 is 12.2 Å². The Labute approximate surface area is 174 Å². The molecule has 0 saturated carbocycles. The fourth-order valence-corrected chi connectivity index (χ4v) is 3.78. The van der Waals surface area contributed by atoms with Crippen molar-refractivity contribution < 1.29 is 9.59 Å². The average molecular weight is 412 g/mol. The highest BCUT2D eigenvalue weighted by Gasteiger charge is 2.51. The second-order valence-electron chi connectivity index (χ2n) is 7.21. The second-order valence-corrected chi connectivity index (χ2v) is 7.65. The molecule has 3 amide bonds. The highest BCUT2D eigenvalue weighted by molar-refractivity contribution is 6.30. The van der Waals surface area contributed by atoms with Gasteiger partial charge < -0.3 is 15.1 Å². The van der Waals surface area contributed by atoms with Crippen LogP contribution in [0.25, 0.3) is 0 Å². The van der Waals surface area contributed by atoms with E-state index in [1.807, 2.05) is 54.4 Å². The van der Waals surface area contributed by atoms with Gasteiger partial charge in [0.2, 0.25) is 0 Å². The van der Waals surface area contributed by atoms with E-state index in [1.54, 1.807) is 24.1 Å². The van der Waals surface area contributed by atoms with E-state index in [0.29, 0.717) is 17.5 Å². The van der Waals surface area contributed by atoms with Gasteiger partial charge in [0.15, 0.2) is 12.0 Å². The van der Waals surface area contributed by atoms with E-state index in [-0.39, 0.29) is 18.5 Å². The first-order chi connectivity index (χ1) is 14.0. The van der Waals surface area contributed by atoms with Crippen molar-refractivity contribution in [2.45, 2.75) is 25.3 Å². The normalized spacial score (nSPS) is 22.9. The minimum atomic E-state index is -0.528. The Hall–Kier alpha value is -3.06. The molecule has 2 atom stereocenters. The summed E-state index contributed by atoms with van der Waals surface area (Å²) in [6.45, 7) is 0.694. The van der Waals surface area contributed by atoms with E-state index in [1.165, 1.54) is 4.90 Å². The van der Waals surface area contributed by atoms with Crippen LogP contribution in [0, 0.1) is 0 Å². The lowest BCUT2D eigenvalue weighted by atomic mass is 10.1.